The average molecular weight is 238 g/mol. The Hall–Kier alpha value is -1.55. The minimum atomic E-state index is 0.367. The van der Waals surface area contributed by atoms with Crippen LogP contribution in [-0.4, -0.2) is 15.2 Å². The van der Waals surface area contributed by atoms with E-state index in [0.29, 0.717) is 17.5 Å². The maximum atomic E-state index is 5.81. The molecule has 0 bridgehead atoms. The highest BCUT2D eigenvalue weighted by atomic mass is 35.5. The van der Waals surface area contributed by atoms with Crippen molar-refractivity contribution < 1.29 is 4.74 Å². The summed E-state index contributed by atoms with van der Waals surface area (Å²) >= 11 is 5.81. The van der Waals surface area contributed by atoms with Gasteiger partial charge in [0.2, 0.25) is 5.88 Å². The number of nitrogens with zero attached hydrogens (tertiary/aromatic N) is 2. The molecule has 0 aliphatic rings. The van der Waals surface area contributed by atoms with Gasteiger partial charge in [0.15, 0.2) is 0 Å². The fourth-order valence-corrected chi connectivity index (χ4v) is 1.52. The maximum absolute atomic E-state index is 5.81. The molecule has 0 amide bonds. The first-order valence-electron chi connectivity index (χ1n) is 4.90. The molecule has 0 aliphatic heterocycles. The molecular formula is C11H12ClN3O. The van der Waals surface area contributed by atoms with Crippen LogP contribution in [0.15, 0.2) is 18.3 Å². The van der Waals surface area contributed by atoms with Gasteiger partial charge in [0.05, 0.1) is 5.88 Å². The summed E-state index contributed by atoms with van der Waals surface area (Å²) in [7, 11) is 0. The minimum absolute atomic E-state index is 0.367. The molecule has 0 aliphatic carbocycles. The number of halogens is 1. The lowest BCUT2D eigenvalue weighted by molar-refractivity contribution is 0.456. The van der Waals surface area contributed by atoms with E-state index in [1.165, 1.54) is 0 Å². The molecule has 2 heterocycles. The van der Waals surface area contributed by atoms with Gasteiger partial charge in [0.25, 0.3) is 0 Å². The third-order valence-corrected chi connectivity index (χ3v) is 2.41. The van der Waals surface area contributed by atoms with Gasteiger partial charge in [-0.05, 0) is 13.8 Å². The highest BCUT2D eigenvalue weighted by Gasteiger charge is 2.07. The molecule has 0 saturated carbocycles. The van der Waals surface area contributed by atoms with E-state index in [0.717, 1.165) is 17.0 Å². The molecule has 0 unspecified atom stereocenters. The van der Waals surface area contributed by atoms with Crippen molar-refractivity contribution in [2.45, 2.75) is 19.7 Å². The summed E-state index contributed by atoms with van der Waals surface area (Å²) in [6.45, 7) is 3.82. The molecule has 0 radical (unpaired) electrons. The number of aromatic amines is 1. The number of hydrogen-bond donors (Lipinski definition) is 1. The second-order valence-electron chi connectivity index (χ2n) is 3.56. The van der Waals surface area contributed by atoms with Gasteiger partial charge in [0.1, 0.15) is 5.75 Å². The van der Waals surface area contributed by atoms with E-state index in [1.807, 2.05) is 26.0 Å². The number of alkyl halides is 1. The third-order valence-electron chi connectivity index (χ3n) is 2.12. The van der Waals surface area contributed by atoms with Gasteiger partial charge in [0, 0.05) is 35.3 Å². The smallest absolute Gasteiger partial charge is 0.238 e. The number of aryl methyl sites for hydroxylation is 2. The molecule has 84 valence electrons. The van der Waals surface area contributed by atoms with Crippen LogP contribution in [0.1, 0.15) is 17.0 Å². The van der Waals surface area contributed by atoms with E-state index < -0.39 is 0 Å². The molecule has 4 nitrogen and oxygen atoms in total. The van der Waals surface area contributed by atoms with Crippen molar-refractivity contribution in [1.29, 1.82) is 0 Å². The van der Waals surface area contributed by atoms with Gasteiger partial charge >= 0.3 is 0 Å². The summed E-state index contributed by atoms with van der Waals surface area (Å²) < 4.78 is 5.64. The van der Waals surface area contributed by atoms with Gasteiger partial charge in [-0.15, -0.1) is 16.7 Å². The van der Waals surface area contributed by atoms with Crippen molar-refractivity contribution in [1.82, 2.24) is 15.2 Å². The predicted octanol–water partition coefficient (Wildman–Crippen LogP) is 2.95. The largest absolute Gasteiger partial charge is 0.437 e. The average Bonchev–Trinajstić information content (AvgIpc) is 2.64. The summed E-state index contributed by atoms with van der Waals surface area (Å²) in [5.41, 5.74) is 2.69. The Morgan fingerprint density at radius 1 is 1.38 bits per heavy atom. The minimum Gasteiger partial charge on any atom is -0.437 e. The summed E-state index contributed by atoms with van der Waals surface area (Å²) in [5, 5.41) is 6.82. The molecule has 2 aromatic rings. The van der Waals surface area contributed by atoms with Crippen LogP contribution in [0.2, 0.25) is 0 Å². The molecule has 0 saturated heterocycles. The number of nitrogens with one attached hydrogen (secondary N) is 1. The van der Waals surface area contributed by atoms with Crippen molar-refractivity contribution in [2.24, 2.45) is 0 Å². The Bertz CT molecular complexity index is 496. The van der Waals surface area contributed by atoms with Crippen LogP contribution in [0.5, 0.6) is 11.6 Å². The quantitative estimate of drug-likeness (QED) is 0.835. The summed E-state index contributed by atoms with van der Waals surface area (Å²) in [5.74, 6) is 1.61. The fourth-order valence-electron chi connectivity index (χ4n) is 1.32. The van der Waals surface area contributed by atoms with Crippen LogP contribution < -0.4 is 4.74 Å². The molecule has 2 rings (SSSR count). The predicted molar refractivity (Wildman–Crippen MR) is 61.9 cm³/mol. The second-order valence-corrected chi connectivity index (χ2v) is 3.83. The number of rotatable bonds is 3. The van der Waals surface area contributed by atoms with Crippen molar-refractivity contribution >= 4 is 11.6 Å². The first-order valence-corrected chi connectivity index (χ1v) is 5.44. The molecule has 0 fully saturated rings. The molecule has 5 heteroatoms. The lowest BCUT2D eigenvalue weighted by Crippen LogP contribution is -1.93. The first-order chi connectivity index (χ1) is 7.69. The molecule has 0 aromatic carbocycles. The zero-order valence-corrected chi connectivity index (χ0v) is 9.88. The molecule has 1 N–H and O–H groups in total. The van der Waals surface area contributed by atoms with Crippen LogP contribution in [0.3, 0.4) is 0 Å². The van der Waals surface area contributed by atoms with Crippen molar-refractivity contribution in [3.63, 3.8) is 0 Å². The highest BCUT2D eigenvalue weighted by molar-refractivity contribution is 6.17. The molecule has 0 spiro atoms. The molecule has 2 aromatic heterocycles. The van der Waals surface area contributed by atoms with Crippen LogP contribution in [-0.2, 0) is 5.88 Å². The van der Waals surface area contributed by atoms with E-state index in [9.17, 15) is 0 Å². The summed E-state index contributed by atoms with van der Waals surface area (Å²) in [4.78, 5) is 4.16. The Morgan fingerprint density at radius 2 is 2.19 bits per heavy atom. The van der Waals surface area contributed by atoms with Crippen LogP contribution in [0, 0.1) is 13.8 Å². The number of H-pyrrole nitrogens is 1. The van der Waals surface area contributed by atoms with Crippen LogP contribution in [0.25, 0.3) is 0 Å². The Morgan fingerprint density at radius 3 is 2.81 bits per heavy atom. The molecule has 16 heavy (non-hydrogen) atoms. The SMILES string of the molecule is Cc1cc(Oc2cc(C)[nH]n2)c(CCl)cn1. The van der Waals surface area contributed by atoms with Crippen LogP contribution in [0.4, 0.5) is 0 Å². The monoisotopic (exact) mass is 237 g/mol. The summed E-state index contributed by atoms with van der Waals surface area (Å²) in [6.07, 6.45) is 1.72. The Kier molecular flexibility index (Phi) is 3.10. The van der Waals surface area contributed by atoms with E-state index >= 15 is 0 Å². The number of hydrogen-bond acceptors (Lipinski definition) is 3. The second kappa shape index (κ2) is 4.53. The van der Waals surface area contributed by atoms with E-state index in [1.54, 1.807) is 6.20 Å². The zero-order valence-electron chi connectivity index (χ0n) is 9.12. The lowest BCUT2D eigenvalue weighted by Gasteiger charge is -2.07. The van der Waals surface area contributed by atoms with Crippen molar-refractivity contribution in [3.8, 4) is 11.6 Å². The van der Waals surface area contributed by atoms with Crippen LogP contribution >= 0.6 is 11.6 Å². The third kappa shape index (κ3) is 2.33. The number of ether oxygens (including phenoxy) is 1. The normalized spacial score (nSPS) is 10.4. The topological polar surface area (TPSA) is 50.8 Å². The molecule has 0 atom stereocenters. The lowest BCUT2D eigenvalue weighted by atomic mass is 10.2. The van der Waals surface area contributed by atoms with E-state index in [-0.39, 0.29) is 0 Å². The zero-order chi connectivity index (χ0) is 11.5. The van der Waals surface area contributed by atoms with Gasteiger partial charge in [-0.3, -0.25) is 10.1 Å². The van der Waals surface area contributed by atoms with Gasteiger partial charge in [-0.2, -0.15) is 0 Å². The Labute approximate surface area is 98.6 Å². The van der Waals surface area contributed by atoms with Crippen molar-refractivity contribution in [2.75, 3.05) is 0 Å². The van der Waals surface area contributed by atoms with Gasteiger partial charge in [-0.1, -0.05) is 0 Å². The van der Waals surface area contributed by atoms with E-state index in [4.69, 9.17) is 16.3 Å². The Balaban J connectivity index is 2.29. The fraction of sp³-hybridized carbons (Fsp3) is 0.273. The maximum Gasteiger partial charge on any atom is 0.238 e. The molecular weight excluding hydrogens is 226 g/mol. The van der Waals surface area contributed by atoms with E-state index in [2.05, 4.69) is 15.2 Å². The van der Waals surface area contributed by atoms with Crippen molar-refractivity contribution in [3.05, 3.63) is 35.3 Å². The standard InChI is InChI=1S/C11H12ClN3O/c1-7-3-10(9(5-12)6-13-7)16-11-4-8(2)14-15-11/h3-4,6H,5H2,1-2H3,(H,14,15). The summed E-state index contributed by atoms with van der Waals surface area (Å²) in [6, 6.07) is 3.68. The van der Waals surface area contributed by atoms with Gasteiger partial charge in [-0.25, -0.2) is 0 Å². The highest BCUT2D eigenvalue weighted by Crippen LogP contribution is 2.25. The first kappa shape index (κ1) is 11.0. The van der Waals surface area contributed by atoms with Gasteiger partial charge < -0.3 is 4.74 Å². The number of aromatic nitrogens is 3. The number of pyridine rings is 1.